The fourth-order valence-electron chi connectivity index (χ4n) is 5.48. The fourth-order valence-corrected chi connectivity index (χ4v) is 8.05. The van der Waals surface area contributed by atoms with Gasteiger partial charge in [-0.15, -0.1) is 11.3 Å². The van der Waals surface area contributed by atoms with Gasteiger partial charge in [0.1, 0.15) is 9.75 Å². The van der Waals surface area contributed by atoms with E-state index in [1.54, 1.807) is 17.5 Å². The first kappa shape index (κ1) is 21.7. The van der Waals surface area contributed by atoms with Gasteiger partial charge in [-0.25, -0.2) is 18.1 Å². The summed E-state index contributed by atoms with van der Waals surface area (Å²) in [6, 6.07) is 3.01. The van der Waals surface area contributed by atoms with Crippen molar-refractivity contribution in [1.82, 2.24) is 19.4 Å². The van der Waals surface area contributed by atoms with Gasteiger partial charge in [-0.3, -0.25) is 9.69 Å². The average molecular weight is 455 g/mol. The quantitative estimate of drug-likeness (QED) is 0.704. The number of urea groups is 1. The number of imide groups is 1. The molecule has 30 heavy (non-hydrogen) atoms. The van der Waals surface area contributed by atoms with E-state index in [1.807, 2.05) is 4.90 Å². The molecule has 2 aliphatic heterocycles. The summed E-state index contributed by atoms with van der Waals surface area (Å²) in [6.07, 6.45) is 2.36. The molecule has 3 aliphatic rings. The van der Waals surface area contributed by atoms with E-state index in [0.29, 0.717) is 49.1 Å². The lowest BCUT2D eigenvalue weighted by atomic mass is 9.64. The molecular formula is C20H30N4O4S2. The van der Waals surface area contributed by atoms with Crippen LogP contribution in [0.25, 0.3) is 0 Å². The molecule has 1 aliphatic carbocycles. The molecule has 8 nitrogen and oxygen atoms in total. The Morgan fingerprint density at radius 1 is 1.17 bits per heavy atom. The molecule has 4 rings (SSSR count). The Labute approximate surface area is 182 Å². The highest BCUT2D eigenvalue weighted by Crippen LogP contribution is 2.46. The summed E-state index contributed by atoms with van der Waals surface area (Å²) >= 11 is 1.21. The molecule has 0 radical (unpaired) electrons. The van der Waals surface area contributed by atoms with Gasteiger partial charge in [0, 0.05) is 26.2 Å². The molecule has 1 spiro atoms. The van der Waals surface area contributed by atoms with Crippen LogP contribution in [0.3, 0.4) is 0 Å². The van der Waals surface area contributed by atoms with Crippen molar-refractivity contribution >= 4 is 33.3 Å². The Kier molecular flexibility index (Phi) is 5.49. The summed E-state index contributed by atoms with van der Waals surface area (Å²) < 4.78 is 27.2. The number of rotatable bonds is 4. The lowest BCUT2D eigenvalue weighted by molar-refractivity contribution is -0.136. The molecule has 166 valence electrons. The third kappa shape index (κ3) is 3.90. The number of sulfonamides is 1. The van der Waals surface area contributed by atoms with E-state index < -0.39 is 15.6 Å². The van der Waals surface area contributed by atoms with E-state index in [4.69, 9.17) is 0 Å². The summed E-state index contributed by atoms with van der Waals surface area (Å²) in [4.78, 5) is 29.3. The van der Waals surface area contributed by atoms with Crippen LogP contribution in [0.15, 0.2) is 21.7 Å². The third-order valence-electron chi connectivity index (χ3n) is 6.39. The second-order valence-electron chi connectivity index (χ2n) is 9.70. The zero-order valence-electron chi connectivity index (χ0n) is 17.8. The van der Waals surface area contributed by atoms with Crippen molar-refractivity contribution in [1.29, 1.82) is 0 Å². The predicted molar refractivity (Wildman–Crippen MR) is 114 cm³/mol. The second-order valence-corrected chi connectivity index (χ2v) is 12.8. The molecule has 3 fully saturated rings. The second kappa shape index (κ2) is 7.58. The predicted octanol–water partition coefficient (Wildman–Crippen LogP) is 2.15. The van der Waals surface area contributed by atoms with Gasteiger partial charge in [-0.1, -0.05) is 26.8 Å². The topological polar surface area (TPSA) is 90.0 Å². The van der Waals surface area contributed by atoms with Crippen LogP contribution < -0.4 is 5.32 Å². The number of carbonyl (C=O) groups is 2. The zero-order valence-corrected chi connectivity index (χ0v) is 19.4. The maximum absolute atomic E-state index is 13.3. The summed E-state index contributed by atoms with van der Waals surface area (Å²) in [7, 11) is -3.47. The van der Waals surface area contributed by atoms with E-state index >= 15 is 0 Å². The first-order valence-corrected chi connectivity index (χ1v) is 12.7. The molecule has 3 heterocycles. The van der Waals surface area contributed by atoms with Crippen LogP contribution in [0, 0.1) is 11.3 Å². The van der Waals surface area contributed by atoms with Crippen molar-refractivity contribution in [2.45, 2.75) is 49.8 Å². The Bertz CT molecular complexity index is 923. The Morgan fingerprint density at radius 3 is 2.47 bits per heavy atom. The van der Waals surface area contributed by atoms with Gasteiger partial charge in [0.05, 0.1) is 6.67 Å². The highest BCUT2D eigenvalue weighted by Gasteiger charge is 2.56. The molecular weight excluding hydrogens is 424 g/mol. The summed E-state index contributed by atoms with van der Waals surface area (Å²) in [5.74, 6) is 0.227. The van der Waals surface area contributed by atoms with E-state index in [1.165, 1.54) is 20.5 Å². The van der Waals surface area contributed by atoms with Crippen molar-refractivity contribution in [3.63, 3.8) is 0 Å². The fraction of sp³-hybridized carbons (Fsp3) is 0.700. The monoisotopic (exact) mass is 454 g/mol. The SMILES string of the molecule is C[C@H]1CC(C)(C)C[C@]2(C1)NC(=O)N(CN1CCN(S(=O)(=O)c3cccs3)CC1)C2=O. The lowest BCUT2D eigenvalue weighted by Gasteiger charge is -2.44. The molecule has 2 saturated heterocycles. The maximum Gasteiger partial charge on any atom is 0.326 e. The van der Waals surface area contributed by atoms with Crippen LogP contribution >= 0.6 is 11.3 Å². The number of amides is 3. The molecule has 0 unspecified atom stereocenters. The summed E-state index contributed by atoms with van der Waals surface area (Å²) in [5.41, 5.74) is -0.805. The molecule has 1 aromatic rings. The highest BCUT2D eigenvalue weighted by molar-refractivity contribution is 7.91. The van der Waals surface area contributed by atoms with Crippen molar-refractivity contribution in [3.8, 4) is 0 Å². The van der Waals surface area contributed by atoms with Gasteiger partial charge in [-0.05, 0) is 42.0 Å². The van der Waals surface area contributed by atoms with Crippen molar-refractivity contribution in [2.75, 3.05) is 32.8 Å². The number of thiophene rings is 1. The van der Waals surface area contributed by atoms with Gasteiger partial charge >= 0.3 is 6.03 Å². The first-order chi connectivity index (χ1) is 14.0. The van der Waals surface area contributed by atoms with E-state index in [-0.39, 0.29) is 24.0 Å². The van der Waals surface area contributed by atoms with Crippen LogP contribution in [0.5, 0.6) is 0 Å². The van der Waals surface area contributed by atoms with Crippen LogP contribution in [0.1, 0.15) is 40.0 Å². The number of hydrogen-bond donors (Lipinski definition) is 1. The Hall–Kier alpha value is -1.49. The van der Waals surface area contributed by atoms with Crippen LogP contribution in [0.2, 0.25) is 0 Å². The number of hydrogen-bond acceptors (Lipinski definition) is 6. The zero-order chi connectivity index (χ0) is 21.7. The molecule has 0 bridgehead atoms. The van der Waals surface area contributed by atoms with Crippen molar-refractivity contribution in [2.24, 2.45) is 11.3 Å². The van der Waals surface area contributed by atoms with Gasteiger partial charge in [0.2, 0.25) is 0 Å². The molecule has 0 aromatic carbocycles. The van der Waals surface area contributed by atoms with Gasteiger partial charge in [0.25, 0.3) is 15.9 Å². The van der Waals surface area contributed by atoms with Gasteiger partial charge < -0.3 is 5.32 Å². The molecule has 2 atom stereocenters. The highest BCUT2D eigenvalue weighted by atomic mass is 32.2. The summed E-state index contributed by atoms with van der Waals surface area (Å²) in [6.45, 7) is 8.30. The minimum Gasteiger partial charge on any atom is -0.323 e. The average Bonchev–Trinajstić information content (AvgIpc) is 3.25. The minimum atomic E-state index is -3.47. The van der Waals surface area contributed by atoms with Crippen molar-refractivity contribution in [3.05, 3.63) is 17.5 Å². The molecule has 1 aromatic heterocycles. The number of carbonyl (C=O) groups excluding carboxylic acids is 2. The smallest absolute Gasteiger partial charge is 0.323 e. The Balaban J connectivity index is 1.40. The lowest BCUT2D eigenvalue weighted by Crippen LogP contribution is -2.55. The largest absolute Gasteiger partial charge is 0.326 e. The number of piperazine rings is 1. The number of nitrogens with zero attached hydrogens (tertiary/aromatic N) is 3. The molecule has 1 N–H and O–H groups in total. The van der Waals surface area contributed by atoms with Gasteiger partial charge in [-0.2, -0.15) is 4.31 Å². The maximum atomic E-state index is 13.3. The normalized spacial score (nSPS) is 30.8. The Morgan fingerprint density at radius 2 is 1.87 bits per heavy atom. The standard InChI is InChI=1S/C20H30N4O4S2/c1-15-11-19(2,3)13-20(12-15)17(25)24(18(26)21-20)14-22-6-8-23(9-7-22)30(27,28)16-5-4-10-29-16/h4-5,10,15H,6-9,11-14H2,1-3H3,(H,21,26)/t15-,20-/m0/s1. The van der Waals surface area contributed by atoms with Crippen molar-refractivity contribution < 1.29 is 18.0 Å². The first-order valence-electron chi connectivity index (χ1n) is 10.4. The van der Waals surface area contributed by atoms with E-state index in [9.17, 15) is 18.0 Å². The molecule has 1 saturated carbocycles. The van der Waals surface area contributed by atoms with Crippen LogP contribution in [-0.2, 0) is 14.8 Å². The van der Waals surface area contributed by atoms with Crippen LogP contribution in [0.4, 0.5) is 4.79 Å². The molecule has 10 heteroatoms. The number of nitrogens with one attached hydrogen (secondary N) is 1. The minimum absolute atomic E-state index is 0.00159. The van der Waals surface area contributed by atoms with E-state index in [0.717, 1.165) is 6.42 Å². The molecule has 3 amide bonds. The van der Waals surface area contributed by atoms with E-state index in [2.05, 4.69) is 26.1 Å². The van der Waals surface area contributed by atoms with Gasteiger partial charge in [0.15, 0.2) is 0 Å². The van der Waals surface area contributed by atoms with Crippen LogP contribution in [-0.4, -0.2) is 72.8 Å². The third-order valence-corrected chi connectivity index (χ3v) is 9.66. The summed E-state index contributed by atoms with van der Waals surface area (Å²) in [5, 5.41) is 4.76.